The van der Waals surface area contributed by atoms with Gasteiger partial charge in [-0.15, -0.1) is 5.10 Å². The van der Waals surface area contributed by atoms with Crippen molar-refractivity contribution in [2.75, 3.05) is 0 Å². The monoisotopic (exact) mass is 453 g/mol. The fourth-order valence-electron chi connectivity index (χ4n) is 3.67. The average Bonchev–Trinajstić information content (AvgIpc) is 3.22. The van der Waals surface area contributed by atoms with Crippen LogP contribution in [-0.4, -0.2) is 29.7 Å². The number of benzene rings is 2. The maximum Gasteiger partial charge on any atom is 0.328 e. The first-order valence-electron chi connectivity index (χ1n) is 10.3. The molecule has 10 heteroatoms. The van der Waals surface area contributed by atoms with Crippen molar-refractivity contribution in [2.45, 2.75) is 31.5 Å². The molecule has 4 aromatic rings. The average molecular weight is 453 g/mol. The molecule has 2 heterocycles. The van der Waals surface area contributed by atoms with E-state index in [1.54, 1.807) is 6.20 Å². The number of H-pyrrole nitrogens is 1. The molecule has 0 aliphatic rings. The van der Waals surface area contributed by atoms with Crippen LogP contribution in [0.25, 0.3) is 0 Å². The number of hydrogen-bond donors (Lipinski definition) is 2. The highest BCUT2D eigenvalue weighted by atomic mass is 19.1. The molecule has 0 fully saturated rings. The second-order valence-corrected chi connectivity index (χ2v) is 7.66. The summed E-state index contributed by atoms with van der Waals surface area (Å²) in [6.45, 7) is 0.319. The quantitative estimate of drug-likeness (QED) is 0.424. The number of rotatable bonds is 8. The lowest BCUT2D eigenvalue weighted by Gasteiger charge is -2.30. The van der Waals surface area contributed by atoms with Gasteiger partial charge in [0, 0.05) is 18.8 Å². The van der Waals surface area contributed by atoms with E-state index in [-0.39, 0.29) is 6.54 Å². The lowest BCUT2D eigenvalue weighted by Crippen LogP contribution is -2.34. The molecule has 2 aromatic carbocycles. The third kappa shape index (κ3) is 4.96. The fourth-order valence-corrected chi connectivity index (χ4v) is 3.67. The molecule has 0 bridgehead atoms. The van der Waals surface area contributed by atoms with Crippen molar-refractivity contribution in [3.05, 3.63) is 116 Å². The Balaban J connectivity index is 1.58. The van der Waals surface area contributed by atoms with Crippen molar-refractivity contribution in [3.63, 3.8) is 0 Å². The van der Waals surface area contributed by atoms with Crippen molar-refractivity contribution in [1.29, 1.82) is 0 Å². The van der Waals surface area contributed by atoms with E-state index in [2.05, 4.69) is 15.3 Å². The van der Waals surface area contributed by atoms with Crippen LogP contribution in [0.3, 0.4) is 0 Å². The second kappa shape index (κ2) is 9.29. The number of aromatic nitrogens is 5. The van der Waals surface area contributed by atoms with Crippen LogP contribution < -0.4 is 11.2 Å². The number of nitrogens with one attached hydrogen (secondary N) is 1. The Kier molecular flexibility index (Phi) is 6.27. The SMILES string of the molecule is O=c1ccn(CCCc2cnnn2CC(O)(c2ccc(F)cc2)c2ccc(F)cc2)c(=O)[nH]1. The van der Waals surface area contributed by atoms with Crippen molar-refractivity contribution in [3.8, 4) is 0 Å². The van der Waals surface area contributed by atoms with Crippen molar-refractivity contribution in [2.24, 2.45) is 0 Å². The maximum absolute atomic E-state index is 13.5. The molecule has 0 radical (unpaired) electrons. The summed E-state index contributed by atoms with van der Waals surface area (Å²) in [5.41, 5.74) is -1.04. The molecule has 0 saturated carbocycles. The van der Waals surface area contributed by atoms with Gasteiger partial charge in [-0.3, -0.25) is 9.78 Å². The van der Waals surface area contributed by atoms with E-state index in [4.69, 9.17) is 0 Å². The zero-order chi connectivity index (χ0) is 23.4. The Morgan fingerprint density at radius 3 is 2.12 bits per heavy atom. The molecule has 0 saturated heterocycles. The van der Waals surface area contributed by atoms with Gasteiger partial charge in [-0.05, 0) is 48.2 Å². The third-order valence-electron chi connectivity index (χ3n) is 5.45. The number of halogens is 2. The number of aryl methyl sites for hydroxylation is 2. The molecule has 2 N–H and O–H groups in total. The summed E-state index contributed by atoms with van der Waals surface area (Å²) in [5, 5.41) is 19.7. The van der Waals surface area contributed by atoms with Gasteiger partial charge >= 0.3 is 5.69 Å². The normalized spacial score (nSPS) is 11.6. The van der Waals surface area contributed by atoms with Gasteiger partial charge in [-0.1, -0.05) is 29.5 Å². The minimum Gasteiger partial charge on any atom is -0.378 e. The molecular weight excluding hydrogens is 432 g/mol. The van der Waals surface area contributed by atoms with E-state index in [1.807, 2.05) is 0 Å². The van der Waals surface area contributed by atoms with Gasteiger partial charge in [0.25, 0.3) is 5.56 Å². The predicted molar refractivity (Wildman–Crippen MR) is 115 cm³/mol. The van der Waals surface area contributed by atoms with Gasteiger partial charge in [0.1, 0.15) is 17.2 Å². The molecule has 4 rings (SSSR count). The van der Waals surface area contributed by atoms with Gasteiger partial charge in [-0.25, -0.2) is 18.3 Å². The first-order chi connectivity index (χ1) is 15.8. The van der Waals surface area contributed by atoms with E-state index in [0.29, 0.717) is 36.2 Å². The van der Waals surface area contributed by atoms with Crippen molar-refractivity contribution >= 4 is 0 Å². The Labute approximate surface area is 186 Å². The van der Waals surface area contributed by atoms with Crippen LogP contribution in [0.2, 0.25) is 0 Å². The molecule has 0 aliphatic carbocycles. The second-order valence-electron chi connectivity index (χ2n) is 7.66. The Morgan fingerprint density at radius 1 is 0.939 bits per heavy atom. The van der Waals surface area contributed by atoms with E-state index in [0.717, 1.165) is 0 Å². The summed E-state index contributed by atoms with van der Waals surface area (Å²) in [7, 11) is 0. The van der Waals surface area contributed by atoms with Crippen LogP contribution in [0, 0.1) is 11.6 Å². The molecule has 8 nitrogen and oxygen atoms in total. The lowest BCUT2D eigenvalue weighted by atomic mass is 9.86. The summed E-state index contributed by atoms with van der Waals surface area (Å²) in [5.74, 6) is -0.890. The zero-order valence-corrected chi connectivity index (χ0v) is 17.5. The third-order valence-corrected chi connectivity index (χ3v) is 5.45. The van der Waals surface area contributed by atoms with E-state index in [9.17, 15) is 23.5 Å². The fraction of sp³-hybridized carbons (Fsp3) is 0.217. The number of hydrogen-bond acceptors (Lipinski definition) is 5. The van der Waals surface area contributed by atoms with Crippen molar-refractivity contribution < 1.29 is 13.9 Å². The summed E-state index contributed by atoms with van der Waals surface area (Å²) in [6, 6.07) is 12.1. The molecule has 33 heavy (non-hydrogen) atoms. The Hall–Kier alpha value is -3.92. The topological polar surface area (TPSA) is 106 Å². The van der Waals surface area contributed by atoms with Gasteiger partial charge in [0.2, 0.25) is 0 Å². The summed E-state index contributed by atoms with van der Waals surface area (Å²) >= 11 is 0. The molecule has 2 aromatic heterocycles. The van der Waals surface area contributed by atoms with Gasteiger partial charge in [-0.2, -0.15) is 0 Å². The smallest absolute Gasteiger partial charge is 0.328 e. The highest BCUT2D eigenvalue weighted by Gasteiger charge is 2.33. The van der Waals surface area contributed by atoms with Crippen LogP contribution >= 0.6 is 0 Å². The Bertz CT molecular complexity index is 1300. The van der Waals surface area contributed by atoms with Crippen LogP contribution in [0.4, 0.5) is 8.78 Å². The minimum absolute atomic E-state index is 0.0434. The Morgan fingerprint density at radius 2 is 1.55 bits per heavy atom. The number of aliphatic hydroxyl groups is 1. The number of nitrogens with zero attached hydrogens (tertiary/aromatic N) is 4. The molecule has 0 unspecified atom stereocenters. The standard InChI is InChI=1S/C23H21F2N5O3/c24-18-7-3-16(4-8-18)23(33,17-5-9-19(25)10-6-17)15-30-20(14-26-28-30)2-1-12-29-13-11-21(31)27-22(29)32/h3-11,13-14,33H,1-2,12,15H2,(H,27,31,32). The molecule has 0 atom stereocenters. The predicted octanol–water partition coefficient (Wildman–Crippen LogP) is 1.98. The van der Waals surface area contributed by atoms with Crippen LogP contribution in [0.1, 0.15) is 23.2 Å². The molecule has 170 valence electrons. The summed E-state index contributed by atoms with van der Waals surface area (Å²) in [4.78, 5) is 25.2. The first-order valence-corrected chi connectivity index (χ1v) is 10.3. The van der Waals surface area contributed by atoms with E-state index < -0.39 is 28.5 Å². The zero-order valence-electron chi connectivity index (χ0n) is 17.5. The van der Waals surface area contributed by atoms with Gasteiger partial charge in [0.05, 0.1) is 18.4 Å². The molecule has 0 amide bonds. The lowest BCUT2D eigenvalue weighted by molar-refractivity contribution is 0.0556. The first kappa shape index (κ1) is 22.3. The molecule has 0 aliphatic heterocycles. The van der Waals surface area contributed by atoms with Crippen molar-refractivity contribution in [1.82, 2.24) is 24.5 Å². The van der Waals surface area contributed by atoms with E-state index in [1.165, 1.54) is 70.0 Å². The molecular formula is C23H21F2N5O3. The summed E-state index contributed by atoms with van der Waals surface area (Å²) in [6.07, 6.45) is 4.02. The highest BCUT2D eigenvalue weighted by Crippen LogP contribution is 2.32. The molecule has 0 spiro atoms. The maximum atomic E-state index is 13.5. The van der Waals surface area contributed by atoms with Crippen LogP contribution in [0.5, 0.6) is 0 Å². The van der Waals surface area contributed by atoms with Gasteiger partial charge in [0.15, 0.2) is 0 Å². The van der Waals surface area contributed by atoms with E-state index >= 15 is 0 Å². The minimum atomic E-state index is -1.63. The largest absolute Gasteiger partial charge is 0.378 e. The van der Waals surface area contributed by atoms with Crippen LogP contribution in [0.15, 0.2) is 76.6 Å². The summed E-state index contributed by atoms with van der Waals surface area (Å²) < 4.78 is 29.9. The van der Waals surface area contributed by atoms with Crippen LogP contribution in [-0.2, 0) is 25.1 Å². The van der Waals surface area contributed by atoms with Gasteiger partial charge < -0.3 is 9.67 Å². The number of aromatic amines is 1. The highest BCUT2D eigenvalue weighted by molar-refractivity contribution is 5.36.